The van der Waals surface area contributed by atoms with Gasteiger partial charge in [-0.1, -0.05) is 0 Å². The first-order chi connectivity index (χ1) is 16.0. The second-order valence-corrected chi connectivity index (χ2v) is 9.70. The minimum absolute atomic E-state index is 0.0454. The van der Waals surface area contributed by atoms with Gasteiger partial charge in [0.1, 0.15) is 0 Å². The smallest absolute Gasteiger partial charge is 0.234 e. The van der Waals surface area contributed by atoms with Gasteiger partial charge in [0.05, 0.1) is 45.0 Å². The highest BCUT2D eigenvalue weighted by Crippen LogP contribution is 2.47. The molecule has 34 heavy (non-hydrogen) atoms. The zero-order valence-corrected chi connectivity index (χ0v) is 20.4. The molecular formula is C22H14Br2N4O6. The Kier molecular flexibility index (Phi) is 4.99. The molecule has 1 aliphatic carbocycles. The van der Waals surface area contributed by atoms with E-state index in [0.717, 1.165) is 9.80 Å². The van der Waals surface area contributed by atoms with E-state index in [4.69, 9.17) is 11.5 Å². The van der Waals surface area contributed by atoms with Gasteiger partial charge in [-0.25, -0.2) is 9.80 Å². The van der Waals surface area contributed by atoms with Gasteiger partial charge in [0.25, 0.3) is 0 Å². The minimum atomic E-state index is -0.784. The highest BCUT2D eigenvalue weighted by atomic mass is 79.9. The molecule has 4 N–H and O–H groups in total. The fourth-order valence-electron chi connectivity index (χ4n) is 4.53. The molecule has 2 fully saturated rings. The van der Waals surface area contributed by atoms with Crippen LogP contribution in [0.2, 0.25) is 0 Å². The van der Waals surface area contributed by atoms with E-state index in [0.29, 0.717) is 0 Å². The molecule has 0 spiro atoms. The molecule has 5 rings (SSSR count). The summed E-state index contributed by atoms with van der Waals surface area (Å²) in [5.74, 6) is -3.65. The van der Waals surface area contributed by atoms with Crippen LogP contribution >= 0.6 is 31.9 Å². The van der Waals surface area contributed by atoms with Crippen molar-refractivity contribution in [3.63, 3.8) is 0 Å². The average Bonchev–Trinajstić information content (AvgIpc) is 3.29. The van der Waals surface area contributed by atoms with Crippen molar-refractivity contribution in [1.82, 2.24) is 0 Å². The minimum Gasteiger partial charge on any atom is -0.397 e. The van der Waals surface area contributed by atoms with Crippen LogP contribution < -0.4 is 21.3 Å². The van der Waals surface area contributed by atoms with E-state index in [1.807, 2.05) is 0 Å². The fraction of sp³-hybridized carbons (Fsp3) is 0.182. The van der Waals surface area contributed by atoms with Gasteiger partial charge < -0.3 is 11.5 Å². The molecule has 2 aliphatic heterocycles. The van der Waals surface area contributed by atoms with Gasteiger partial charge in [-0.05, 0) is 44.0 Å². The third-order valence-corrected chi connectivity index (χ3v) is 7.40. The lowest BCUT2D eigenvalue weighted by Crippen LogP contribution is -2.36. The Morgan fingerprint density at radius 3 is 1.18 bits per heavy atom. The van der Waals surface area contributed by atoms with Gasteiger partial charge in [0, 0.05) is 34.6 Å². The van der Waals surface area contributed by atoms with Crippen molar-refractivity contribution < 1.29 is 28.8 Å². The molecule has 12 heteroatoms. The van der Waals surface area contributed by atoms with Crippen molar-refractivity contribution >= 4 is 89.8 Å². The SMILES string of the molecule is Nc1c(Br)cc(N2C(=O)CCC2=O)c2c1C(=O)c1c(N)c(Br)cc(N3C(=O)CCC3=O)c1C2=O. The van der Waals surface area contributed by atoms with Gasteiger partial charge in [0.2, 0.25) is 23.6 Å². The second-order valence-electron chi connectivity index (χ2n) is 7.99. The summed E-state index contributed by atoms with van der Waals surface area (Å²) in [5, 5.41) is 0. The zero-order chi connectivity index (χ0) is 24.6. The van der Waals surface area contributed by atoms with Crippen LogP contribution in [0.3, 0.4) is 0 Å². The standard InChI is InChI=1S/C22H14Br2N4O6/c23-7-5-9(27-11(29)1-2-12(27)30)15-17(19(7)25)22(34)18-16(21(15)33)10(6-8(24)20(18)26)28-13(31)3-4-14(28)32/h5-6H,1-4,25-26H2. The Balaban J connectivity index is 1.86. The monoisotopic (exact) mass is 588 g/mol. The van der Waals surface area contributed by atoms with Crippen LogP contribution in [0.15, 0.2) is 21.1 Å². The molecule has 172 valence electrons. The van der Waals surface area contributed by atoms with Crippen LogP contribution in [0.1, 0.15) is 57.5 Å². The summed E-state index contributed by atoms with van der Waals surface area (Å²) in [4.78, 5) is 79.4. The van der Waals surface area contributed by atoms with Crippen molar-refractivity contribution in [1.29, 1.82) is 0 Å². The lowest BCUT2D eigenvalue weighted by atomic mass is 9.80. The van der Waals surface area contributed by atoms with E-state index in [9.17, 15) is 28.8 Å². The molecule has 0 radical (unpaired) electrons. The van der Waals surface area contributed by atoms with E-state index in [2.05, 4.69) is 31.9 Å². The normalized spacial score (nSPS) is 17.7. The number of amides is 4. The second kappa shape index (κ2) is 7.57. The highest BCUT2D eigenvalue weighted by molar-refractivity contribution is 9.11. The van der Waals surface area contributed by atoms with Crippen molar-refractivity contribution in [2.24, 2.45) is 0 Å². The van der Waals surface area contributed by atoms with E-state index in [1.165, 1.54) is 12.1 Å². The lowest BCUT2D eigenvalue weighted by molar-refractivity contribution is -0.122. The summed E-state index contributed by atoms with van der Waals surface area (Å²) in [6.07, 6.45) is -0.182. The number of hydrogen-bond donors (Lipinski definition) is 2. The van der Waals surface area contributed by atoms with Crippen LogP contribution in [-0.2, 0) is 19.2 Å². The Morgan fingerprint density at radius 2 is 0.853 bits per heavy atom. The number of imide groups is 2. The number of nitrogens with zero attached hydrogens (tertiary/aromatic N) is 2. The maximum absolute atomic E-state index is 14.0. The summed E-state index contributed by atoms with van der Waals surface area (Å²) in [6, 6.07) is 2.67. The summed E-state index contributed by atoms with van der Waals surface area (Å²) < 4.78 is 0.411. The van der Waals surface area contributed by atoms with Crippen molar-refractivity contribution in [2.45, 2.75) is 25.7 Å². The molecule has 2 aromatic carbocycles. The first-order valence-electron chi connectivity index (χ1n) is 10.1. The number of anilines is 4. The molecule has 2 aromatic rings. The number of hydrogen-bond acceptors (Lipinski definition) is 8. The van der Waals surface area contributed by atoms with Gasteiger partial charge in [-0.15, -0.1) is 0 Å². The Hall–Kier alpha value is -3.38. The molecule has 0 unspecified atom stereocenters. The summed E-state index contributed by atoms with van der Waals surface area (Å²) in [6.45, 7) is 0. The van der Waals surface area contributed by atoms with Crippen LogP contribution in [0.4, 0.5) is 22.7 Å². The van der Waals surface area contributed by atoms with E-state index in [1.54, 1.807) is 0 Å². The van der Waals surface area contributed by atoms with Crippen molar-refractivity contribution in [3.05, 3.63) is 43.3 Å². The van der Waals surface area contributed by atoms with Gasteiger partial charge in [-0.3, -0.25) is 28.8 Å². The molecule has 0 atom stereocenters. The summed E-state index contributed by atoms with van der Waals surface area (Å²) in [5.41, 5.74) is 11.0. The first-order valence-corrected chi connectivity index (χ1v) is 11.7. The third kappa shape index (κ3) is 2.91. The number of carbonyl (C=O) groups excluding carboxylic acids is 6. The number of rotatable bonds is 2. The van der Waals surface area contributed by atoms with Crippen LogP contribution in [0.25, 0.3) is 0 Å². The maximum atomic E-state index is 14.0. The zero-order valence-electron chi connectivity index (χ0n) is 17.2. The number of ketones is 2. The van der Waals surface area contributed by atoms with E-state index in [-0.39, 0.29) is 79.6 Å². The van der Waals surface area contributed by atoms with Crippen molar-refractivity contribution in [3.8, 4) is 0 Å². The number of carbonyl (C=O) groups is 6. The van der Waals surface area contributed by atoms with Crippen molar-refractivity contribution in [2.75, 3.05) is 21.3 Å². The van der Waals surface area contributed by atoms with Gasteiger partial charge in [0.15, 0.2) is 11.6 Å². The molecule has 0 aromatic heterocycles. The number of nitrogen functional groups attached to an aromatic ring is 2. The first kappa shape index (κ1) is 22.4. The maximum Gasteiger partial charge on any atom is 0.234 e. The molecule has 2 heterocycles. The van der Waals surface area contributed by atoms with Crippen LogP contribution in [0, 0.1) is 0 Å². The van der Waals surface area contributed by atoms with E-state index < -0.39 is 35.2 Å². The van der Waals surface area contributed by atoms with E-state index >= 15 is 0 Å². The summed E-state index contributed by atoms with van der Waals surface area (Å²) in [7, 11) is 0. The average molecular weight is 590 g/mol. The number of benzene rings is 2. The molecule has 3 aliphatic rings. The topological polar surface area (TPSA) is 161 Å². The lowest BCUT2D eigenvalue weighted by Gasteiger charge is -2.29. The molecule has 2 saturated heterocycles. The molecular weight excluding hydrogens is 576 g/mol. The van der Waals surface area contributed by atoms with Gasteiger partial charge >= 0.3 is 0 Å². The highest BCUT2D eigenvalue weighted by Gasteiger charge is 2.44. The Bertz CT molecular complexity index is 1300. The number of fused-ring (bicyclic) bond motifs is 2. The summed E-state index contributed by atoms with van der Waals surface area (Å²) >= 11 is 6.48. The fourth-order valence-corrected chi connectivity index (χ4v) is 5.36. The van der Waals surface area contributed by atoms with Crippen LogP contribution in [0.5, 0.6) is 0 Å². The molecule has 4 amide bonds. The number of nitrogens with two attached hydrogens (primary N) is 2. The van der Waals surface area contributed by atoms with Crippen LogP contribution in [-0.4, -0.2) is 35.2 Å². The molecule has 0 bridgehead atoms. The number of halogens is 2. The Morgan fingerprint density at radius 1 is 0.559 bits per heavy atom. The molecule has 10 nitrogen and oxygen atoms in total. The molecule has 0 saturated carbocycles. The Labute approximate surface area is 208 Å². The quantitative estimate of drug-likeness (QED) is 0.340. The largest absolute Gasteiger partial charge is 0.397 e. The predicted octanol–water partition coefficient (Wildman–Crippen LogP) is 2.46. The van der Waals surface area contributed by atoms with Gasteiger partial charge in [-0.2, -0.15) is 0 Å². The predicted molar refractivity (Wildman–Crippen MR) is 127 cm³/mol. The third-order valence-electron chi connectivity index (χ3n) is 6.09.